The van der Waals surface area contributed by atoms with Gasteiger partial charge in [-0.2, -0.15) is 9.40 Å². The average Bonchev–Trinajstić information content (AvgIpc) is 3.35. The molecule has 2 aliphatic rings. The smallest absolute Gasteiger partial charge is 0.260 e. The minimum Gasteiger partial charge on any atom is -0.395 e. The second-order valence-electron chi connectivity index (χ2n) is 10.4. The van der Waals surface area contributed by atoms with E-state index in [2.05, 4.69) is 66.3 Å². The lowest BCUT2D eigenvalue weighted by atomic mass is 9.74. The first-order chi connectivity index (χ1) is 17.9. The maximum Gasteiger partial charge on any atom is 0.260 e. The van der Waals surface area contributed by atoms with Gasteiger partial charge < -0.3 is 5.11 Å². The van der Waals surface area contributed by atoms with E-state index in [9.17, 15) is 13.5 Å². The molecule has 7 nitrogen and oxygen atoms in total. The van der Waals surface area contributed by atoms with Gasteiger partial charge in [-0.25, -0.2) is 8.42 Å². The topological polar surface area (TPSA) is 78.7 Å². The highest BCUT2D eigenvalue weighted by molar-refractivity contribution is 7.89. The first-order valence-corrected chi connectivity index (χ1v) is 14.9. The van der Waals surface area contributed by atoms with Crippen LogP contribution in [0.5, 0.6) is 0 Å². The van der Waals surface area contributed by atoms with Gasteiger partial charge in [0.25, 0.3) is 10.0 Å². The predicted octanol–water partition coefficient (Wildman–Crippen LogP) is 4.19. The number of hydrogen-bond donors (Lipinski definition) is 1. The highest BCUT2D eigenvalue weighted by Crippen LogP contribution is 2.43. The van der Waals surface area contributed by atoms with Crippen molar-refractivity contribution in [3.8, 4) is 11.1 Å². The van der Waals surface area contributed by atoms with Crippen LogP contribution >= 0.6 is 0 Å². The van der Waals surface area contributed by atoms with Crippen molar-refractivity contribution in [2.24, 2.45) is 0 Å². The van der Waals surface area contributed by atoms with E-state index in [0.29, 0.717) is 19.6 Å². The minimum atomic E-state index is -3.67. The number of nitrogens with zero attached hydrogens (tertiary/aromatic N) is 4. The van der Waals surface area contributed by atoms with Crippen LogP contribution < -0.4 is 0 Å². The Kier molecular flexibility index (Phi) is 7.54. The lowest BCUT2D eigenvalue weighted by Gasteiger charge is -2.57. The molecule has 1 unspecified atom stereocenters. The van der Waals surface area contributed by atoms with Crippen LogP contribution in [0, 0.1) is 13.8 Å². The Labute approximate surface area is 220 Å². The number of sulfonamides is 1. The largest absolute Gasteiger partial charge is 0.395 e. The van der Waals surface area contributed by atoms with E-state index in [4.69, 9.17) is 0 Å². The third kappa shape index (κ3) is 4.76. The van der Waals surface area contributed by atoms with Crippen molar-refractivity contribution in [1.82, 2.24) is 19.0 Å². The number of aliphatic hydroxyl groups is 1. The molecule has 2 aliphatic heterocycles. The Morgan fingerprint density at radius 3 is 2.51 bits per heavy atom. The molecule has 2 saturated heterocycles. The fourth-order valence-electron chi connectivity index (χ4n) is 6.13. The van der Waals surface area contributed by atoms with Crippen molar-refractivity contribution in [3.63, 3.8) is 0 Å². The Morgan fingerprint density at radius 2 is 1.78 bits per heavy atom. The van der Waals surface area contributed by atoms with Crippen LogP contribution in [0.3, 0.4) is 0 Å². The standard InChI is InChI=1S/C29H38N4O3S/c1-4-16-33-28(14-15-30-33)37(35,36)31-17-5-6-18-32-26(19-31)29(27(32)20-34)24-12-10-23(11-13-24)25-9-7-8-21(2)22(25)3/h7-15,26-27,29,34H,4-6,16-20H2,1-3H3/t26?,27-,29+/m1/s1. The van der Waals surface area contributed by atoms with Crippen LogP contribution in [0.1, 0.15) is 48.8 Å². The van der Waals surface area contributed by atoms with Crippen LogP contribution in [0.15, 0.2) is 59.8 Å². The monoisotopic (exact) mass is 522 g/mol. The molecule has 0 bridgehead atoms. The molecule has 5 rings (SSSR count). The van der Waals surface area contributed by atoms with Gasteiger partial charge in [-0.05, 0) is 73.5 Å². The molecule has 3 heterocycles. The Hall–Kier alpha value is -2.52. The molecule has 0 aliphatic carbocycles. The third-order valence-corrected chi connectivity index (χ3v) is 10.1. The van der Waals surface area contributed by atoms with Crippen molar-refractivity contribution in [2.45, 2.75) is 69.6 Å². The SMILES string of the molecule is CCCn1nccc1S(=O)(=O)N1CCCCN2C(C1)[C@H](c1ccc(-c3cccc(C)c3C)cc1)[C@H]2CO. The summed E-state index contributed by atoms with van der Waals surface area (Å²) in [4.78, 5) is 2.31. The zero-order valence-electron chi connectivity index (χ0n) is 22.0. The summed E-state index contributed by atoms with van der Waals surface area (Å²) in [7, 11) is -3.67. The minimum absolute atomic E-state index is 0.00447. The number of aliphatic hydroxyl groups excluding tert-OH is 1. The highest BCUT2D eigenvalue weighted by Gasteiger charge is 2.50. The van der Waals surface area contributed by atoms with Crippen molar-refractivity contribution >= 4 is 10.0 Å². The Morgan fingerprint density at radius 1 is 1.03 bits per heavy atom. The number of benzene rings is 2. The fraction of sp³-hybridized carbons (Fsp3) is 0.483. The molecule has 2 fully saturated rings. The van der Waals surface area contributed by atoms with Crippen LogP contribution in [0.4, 0.5) is 0 Å². The van der Waals surface area contributed by atoms with Gasteiger partial charge in [0.1, 0.15) is 0 Å². The van der Waals surface area contributed by atoms with Gasteiger partial charge in [-0.1, -0.05) is 49.4 Å². The summed E-state index contributed by atoms with van der Waals surface area (Å²) in [6.45, 7) is 8.75. The summed E-state index contributed by atoms with van der Waals surface area (Å²) in [5.74, 6) is 0.0778. The molecule has 2 aromatic carbocycles. The number of rotatable bonds is 7. The molecular formula is C29H38N4O3S. The Bertz CT molecular complexity index is 1340. The molecule has 3 aromatic rings. The Balaban J connectivity index is 1.43. The van der Waals surface area contributed by atoms with E-state index < -0.39 is 10.0 Å². The molecule has 0 spiro atoms. The average molecular weight is 523 g/mol. The van der Waals surface area contributed by atoms with Gasteiger partial charge >= 0.3 is 0 Å². The molecule has 1 N–H and O–H groups in total. The second kappa shape index (κ2) is 10.7. The molecule has 0 radical (unpaired) electrons. The first-order valence-electron chi connectivity index (χ1n) is 13.4. The molecule has 0 saturated carbocycles. The summed E-state index contributed by atoms with van der Waals surface area (Å²) in [6.07, 6.45) is 4.10. The lowest BCUT2D eigenvalue weighted by molar-refractivity contribution is -0.0554. The first kappa shape index (κ1) is 26.1. The quantitative estimate of drug-likeness (QED) is 0.503. The molecule has 3 atom stereocenters. The number of aromatic nitrogens is 2. The van der Waals surface area contributed by atoms with Crippen LogP contribution in [-0.2, 0) is 16.6 Å². The number of aryl methyl sites for hydroxylation is 2. The molecule has 1 aromatic heterocycles. The van der Waals surface area contributed by atoms with E-state index in [0.717, 1.165) is 31.4 Å². The maximum atomic E-state index is 13.7. The van der Waals surface area contributed by atoms with Gasteiger partial charge in [0.2, 0.25) is 0 Å². The predicted molar refractivity (Wildman–Crippen MR) is 146 cm³/mol. The fourth-order valence-corrected chi connectivity index (χ4v) is 7.75. The molecule has 37 heavy (non-hydrogen) atoms. The van der Waals surface area contributed by atoms with Gasteiger partial charge in [0.05, 0.1) is 12.8 Å². The second-order valence-corrected chi connectivity index (χ2v) is 12.3. The highest BCUT2D eigenvalue weighted by atomic mass is 32.2. The number of hydrogen-bond acceptors (Lipinski definition) is 5. The van der Waals surface area contributed by atoms with Crippen LogP contribution in [-0.4, -0.2) is 70.8 Å². The lowest BCUT2D eigenvalue weighted by Crippen LogP contribution is -2.67. The van der Waals surface area contributed by atoms with Gasteiger partial charge in [0, 0.05) is 37.6 Å². The van der Waals surface area contributed by atoms with E-state index in [1.54, 1.807) is 21.3 Å². The van der Waals surface area contributed by atoms with Gasteiger partial charge in [-0.15, -0.1) is 0 Å². The summed E-state index contributed by atoms with van der Waals surface area (Å²) in [5.41, 5.74) is 6.11. The van der Waals surface area contributed by atoms with Crippen LogP contribution in [0.25, 0.3) is 11.1 Å². The molecule has 198 valence electrons. The zero-order valence-corrected chi connectivity index (χ0v) is 22.9. The van der Waals surface area contributed by atoms with Crippen molar-refractivity contribution < 1.29 is 13.5 Å². The van der Waals surface area contributed by atoms with E-state index in [1.807, 2.05) is 6.92 Å². The summed E-state index contributed by atoms with van der Waals surface area (Å²) >= 11 is 0. The zero-order chi connectivity index (χ0) is 26.2. The van der Waals surface area contributed by atoms with Gasteiger partial charge in [0.15, 0.2) is 5.03 Å². The third-order valence-electron chi connectivity index (χ3n) is 8.26. The van der Waals surface area contributed by atoms with Gasteiger partial charge in [-0.3, -0.25) is 9.58 Å². The summed E-state index contributed by atoms with van der Waals surface area (Å²) in [6, 6.07) is 16.7. The van der Waals surface area contributed by atoms with E-state index in [-0.39, 0.29) is 29.6 Å². The summed E-state index contributed by atoms with van der Waals surface area (Å²) < 4.78 is 30.7. The van der Waals surface area contributed by atoms with Crippen molar-refractivity contribution in [2.75, 3.05) is 26.2 Å². The maximum absolute atomic E-state index is 13.7. The van der Waals surface area contributed by atoms with Crippen molar-refractivity contribution in [3.05, 3.63) is 71.4 Å². The van der Waals surface area contributed by atoms with Crippen LogP contribution in [0.2, 0.25) is 0 Å². The molecule has 8 heteroatoms. The van der Waals surface area contributed by atoms with Crippen molar-refractivity contribution in [1.29, 1.82) is 0 Å². The van der Waals surface area contributed by atoms with E-state index in [1.165, 1.54) is 22.3 Å². The number of fused-ring (bicyclic) bond motifs is 1. The molecule has 0 amide bonds. The normalized spacial score (nSPS) is 23.2. The van der Waals surface area contributed by atoms with E-state index >= 15 is 0 Å². The molecular weight excluding hydrogens is 484 g/mol. The summed E-state index contributed by atoms with van der Waals surface area (Å²) in [5, 5.41) is 14.8.